The minimum atomic E-state index is -0.635. The smallest absolute Gasteiger partial charge is 0.244 e. The largest absolute Gasteiger partial charge is 0.333 e. The Bertz CT molecular complexity index is 367. The molecule has 0 fully saturated rings. The van der Waals surface area contributed by atoms with Gasteiger partial charge in [0.1, 0.15) is 6.04 Å². The van der Waals surface area contributed by atoms with Crippen molar-refractivity contribution in [2.45, 2.75) is 6.04 Å². The maximum atomic E-state index is 11.7. The van der Waals surface area contributed by atoms with Gasteiger partial charge in [-0.15, -0.1) is 6.42 Å². The highest BCUT2D eigenvalue weighted by Crippen LogP contribution is 2.11. The maximum absolute atomic E-state index is 11.7. The zero-order valence-electron chi connectivity index (χ0n) is 8.68. The molecule has 3 heteroatoms. The number of carbonyl (C=O) groups excluding carboxylic acids is 1. The van der Waals surface area contributed by atoms with Crippen molar-refractivity contribution in [2.24, 2.45) is 5.73 Å². The molecule has 2 N–H and O–H groups in total. The molecule has 0 heterocycles. The van der Waals surface area contributed by atoms with Gasteiger partial charge in [0, 0.05) is 7.05 Å². The van der Waals surface area contributed by atoms with Crippen LogP contribution >= 0.6 is 0 Å². The second kappa shape index (κ2) is 5.18. The number of rotatable bonds is 3. The number of nitrogens with zero attached hydrogens (tertiary/aromatic N) is 1. The lowest BCUT2D eigenvalue weighted by Crippen LogP contribution is -2.36. The molecule has 1 atom stereocenters. The third-order valence-corrected chi connectivity index (χ3v) is 2.13. The first-order valence-electron chi connectivity index (χ1n) is 4.65. The van der Waals surface area contributed by atoms with Gasteiger partial charge in [0.05, 0.1) is 6.54 Å². The van der Waals surface area contributed by atoms with Crippen LogP contribution in [0.2, 0.25) is 0 Å². The molecule has 78 valence electrons. The Morgan fingerprint density at radius 1 is 1.53 bits per heavy atom. The van der Waals surface area contributed by atoms with Gasteiger partial charge in [-0.05, 0) is 5.56 Å². The summed E-state index contributed by atoms with van der Waals surface area (Å²) in [5.41, 5.74) is 6.61. The number of nitrogens with two attached hydrogens (primary N) is 1. The molecular formula is C12H14N2O. The summed E-state index contributed by atoms with van der Waals surface area (Å²) in [7, 11) is 1.64. The van der Waals surface area contributed by atoms with Gasteiger partial charge in [0.15, 0.2) is 0 Å². The summed E-state index contributed by atoms with van der Waals surface area (Å²) in [4.78, 5) is 13.2. The average molecular weight is 202 g/mol. The van der Waals surface area contributed by atoms with Crippen molar-refractivity contribution in [1.29, 1.82) is 0 Å². The number of hydrogen-bond donors (Lipinski definition) is 1. The van der Waals surface area contributed by atoms with Gasteiger partial charge in [-0.2, -0.15) is 0 Å². The summed E-state index contributed by atoms with van der Waals surface area (Å²) in [6.07, 6.45) is 5.12. The van der Waals surface area contributed by atoms with Crippen LogP contribution in [0, 0.1) is 12.3 Å². The van der Waals surface area contributed by atoms with Crippen molar-refractivity contribution in [2.75, 3.05) is 13.6 Å². The van der Waals surface area contributed by atoms with E-state index in [0.717, 1.165) is 5.56 Å². The predicted molar refractivity (Wildman–Crippen MR) is 59.8 cm³/mol. The summed E-state index contributed by atoms with van der Waals surface area (Å²) in [6.45, 7) is 0.277. The minimum absolute atomic E-state index is 0.167. The Kier molecular flexibility index (Phi) is 3.90. The predicted octanol–water partition coefficient (Wildman–Crippen LogP) is 0.778. The fourth-order valence-electron chi connectivity index (χ4n) is 1.26. The van der Waals surface area contributed by atoms with Crippen molar-refractivity contribution in [3.63, 3.8) is 0 Å². The quantitative estimate of drug-likeness (QED) is 0.736. The molecule has 1 amide bonds. The number of likely N-dealkylation sites (N-methyl/N-ethyl adjacent to an activating group) is 1. The van der Waals surface area contributed by atoms with Crippen LogP contribution in [0.25, 0.3) is 0 Å². The van der Waals surface area contributed by atoms with E-state index in [1.54, 1.807) is 7.05 Å². The molecule has 1 rings (SSSR count). The number of terminal acetylenes is 1. The molecule has 0 aliphatic carbocycles. The fourth-order valence-corrected chi connectivity index (χ4v) is 1.26. The Balaban J connectivity index is 2.74. The third-order valence-electron chi connectivity index (χ3n) is 2.13. The van der Waals surface area contributed by atoms with Crippen molar-refractivity contribution in [3.05, 3.63) is 35.9 Å². The zero-order chi connectivity index (χ0) is 11.3. The van der Waals surface area contributed by atoms with Gasteiger partial charge in [-0.25, -0.2) is 0 Å². The standard InChI is InChI=1S/C12H14N2O/c1-3-9-14(2)12(15)11(13)10-7-5-4-6-8-10/h1,4-8,11H,9,13H2,2H3/t11-/m1/s1. The van der Waals surface area contributed by atoms with E-state index >= 15 is 0 Å². The van der Waals surface area contributed by atoms with Crippen LogP contribution < -0.4 is 5.73 Å². The van der Waals surface area contributed by atoms with Crippen LogP contribution in [0.1, 0.15) is 11.6 Å². The summed E-state index contributed by atoms with van der Waals surface area (Å²) >= 11 is 0. The second-order valence-corrected chi connectivity index (χ2v) is 3.29. The van der Waals surface area contributed by atoms with Gasteiger partial charge >= 0.3 is 0 Å². The topological polar surface area (TPSA) is 46.3 Å². The van der Waals surface area contributed by atoms with Gasteiger partial charge in [-0.3, -0.25) is 4.79 Å². The number of benzene rings is 1. The van der Waals surface area contributed by atoms with Crippen LogP contribution in [0.4, 0.5) is 0 Å². The molecular weight excluding hydrogens is 188 g/mol. The molecule has 1 aromatic rings. The van der Waals surface area contributed by atoms with Crippen LogP contribution in [-0.2, 0) is 4.79 Å². The molecule has 0 radical (unpaired) electrons. The van der Waals surface area contributed by atoms with Gasteiger partial charge in [-0.1, -0.05) is 36.3 Å². The van der Waals surface area contributed by atoms with E-state index in [0.29, 0.717) is 0 Å². The van der Waals surface area contributed by atoms with E-state index in [-0.39, 0.29) is 12.5 Å². The second-order valence-electron chi connectivity index (χ2n) is 3.29. The Morgan fingerprint density at radius 3 is 2.67 bits per heavy atom. The highest BCUT2D eigenvalue weighted by molar-refractivity contribution is 5.83. The van der Waals surface area contributed by atoms with Gasteiger partial charge < -0.3 is 10.6 Å². The van der Waals surface area contributed by atoms with Crippen LogP contribution in [0.5, 0.6) is 0 Å². The van der Waals surface area contributed by atoms with Crippen LogP contribution in [0.3, 0.4) is 0 Å². The Labute approximate surface area is 89.9 Å². The normalized spacial score (nSPS) is 11.5. The third kappa shape index (κ3) is 2.83. The molecule has 0 aliphatic heterocycles. The Morgan fingerprint density at radius 2 is 2.13 bits per heavy atom. The lowest BCUT2D eigenvalue weighted by molar-refractivity contribution is -0.130. The summed E-state index contributed by atoms with van der Waals surface area (Å²) < 4.78 is 0. The molecule has 3 nitrogen and oxygen atoms in total. The minimum Gasteiger partial charge on any atom is -0.333 e. The molecule has 0 bridgehead atoms. The van der Waals surface area contributed by atoms with Crippen molar-refractivity contribution < 1.29 is 4.79 Å². The molecule has 0 aromatic heterocycles. The van der Waals surface area contributed by atoms with Gasteiger partial charge in [0.25, 0.3) is 0 Å². The Hall–Kier alpha value is -1.79. The lowest BCUT2D eigenvalue weighted by atomic mass is 10.1. The van der Waals surface area contributed by atoms with Crippen molar-refractivity contribution in [3.8, 4) is 12.3 Å². The first-order valence-corrected chi connectivity index (χ1v) is 4.65. The SMILES string of the molecule is C#CCN(C)C(=O)[C@H](N)c1ccccc1. The summed E-state index contributed by atoms with van der Waals surface area (Å²) in [6, 6.07) is 8.60. The number of hydrogen-bond acceptors (Lipinski definition) is 2. The van der Waals surface area contributed by atoms with Crippen molar-refractivity contribution in [1.82, 2.24) is 4.90 Å². The number of carbonyl (C=O) groups is 1. The maximum Gasteiger partial charge on any atom is 0.244 e. The first kappa shape index (κ1) is 11.3. The molecule has 0 unspecified atom stereocenters. The lowest BCUT2D eigenvalue weighted by Gasteiger charge is -2.19. The van der Waals surface area contributed by atoms with Crippen molar-refractivity contribution >= 4 is 5.91 Å². The average Bonchev–Trinajstić information content (AvgIpc) is 2.28. The van der Waals surface area contributed by atoms with E-state index in [9.17, 15) is 4.79 Å². The summed E-state index contributed by atoms with van der Waals surface area (Å²) in [5, 5.41) is 0. The molecule has 0 aliphatic rings. The highest BCUT2D eigenvalue weighted by Gasteiger charge is 2.18. The number of amides is 1. The first-order chi connectivity index (χ1) is 7.16. The van der Waals surface area contributed by atoms with E-state index in [1.807, 2.05) is 30.3 Å². The molecule has 0 saturated heterocycles. The summed E-state index contributed by atoms with van der Waals surface area (Å²) in [5.74, 6) is 2.24. The fraction of sp³-hybridized carbons (Fsp3) is 0.250. The highest BCUT2D eigenvalue weighted by atomic mass is 16.2. The monoisotopic (exact) mass is 202 g/mol. The van der Waals surface area contributed by atoms with E-state index in [1.165, 1.54) is 4.90 Å². The molecule has 1 aromatic carbocycles. The molecule has 0 saturated carbocycles. The zero-order valence-corrected chi connectivity index (χ0v) is 8.68. The molecule has 15 heavy (non-hydrogen) atoms. The van der Waals surface area contributed by atoms with E-state index < -0.39 is 6.04 Å². The van der Waals surface area contributed by atoms with Gasteiger partial charge in [0.2, 0.25) is 5.91 Å². The van der Waals surface area contributed by atoms with Crippen LogP contribution in [0.15, 0.2) is 30.3 Å². The van der Waals surface area contributed by atoms with E-state index in [2.05, 4.69) is 5.92 Å². The van der Waals surface area contributed by atoms with Crippen LogP contribution in [-0.4, -0.2) is 24.4 Å². The molecule has 0 spiro atoms. The van der Waals surface area contributed by atoms with E-state index in [4.69, 9.17) is 12.2 Å².